The summed E-state index contributed by atoms with van der Waals surface area (Å²) in [7, 11) is 0. The number of para-hydroxylation sites is 1. The van der Waals surface area contributed by atoms with Crippen LogP contribution in [-0.2, 0) is 11.4 Å². The van der Waals surface area contributed by atoms with Gasteiger partial charge >= 0.3 is 0 Å². The normalized spacial score (nSPS) is 27.0. The van der Waals surface area contributed by atoms with Crippen LogP contribution in [0.15, 0.2) is 41.1 Å². The third-order valence-electron chi connectivity index (χ3n) is 4.88. The number of fused-ring (bicyclic) bond motifs is 1. The van der Waals surface area contributed by atoms with Crippen LogP contribution in [0.25, 0.3) is 0 Å². The van der Waals surface area contributed by atoms with Gasteiger partial charge in [0.15, 0.2) is 0 Å². The number of oxime groups is 1. The Bertz CT molecular complexity index is 676. The Balaban J connectivity index is 1.73. The maximum absolute atomic E-state index is 11.0. The van der Waals surface area contributed by atoms with E-state index in [1.807, 2.05) is 0 Å². The molecule has 116 valence electrons. The van der Waals surface area contributed by atoms with E-state index in [0.717, 1.165) is 12.1 Å². The van der Waals surface area contributed by atoms with E-state index in [1.165, 1.54) is 11.6 Å². The lowest BCUT2D eigenvalue weighted by molar-refractivity contribution is -0.386. The van der Waals surface area contributed by atoms with E-state index < -0.39 is 4.92 Å². The average molecular weight is 300 g/mol. The van der Waals surface area contributed by atoms with Crippen molar-refractivity contribution in [3.63, 3.8) is 0 Å². The number of nitro benzene ring substituents is 1. The minimum Gasteiger partial charge on any atom is -0.390 e. The number of allylic oxidation sites excluding steroid dienone is 2. The Hall–Kier alpha value is -2.17. The molecule has 2 atom stereocenters. The summed E-state index contributed by atoms with van der Waals surface area (Å²) in [5.41, 5.74) is 3.18. The maximum Gasteiger partial charge on any atom is 0.276 e. The van der Waals surface area contributed by atoms with Crippen molar-refractivity contribution in [1.82, 2.24) is 0 Å². The third-order valence-corrected chi connectivity index (χ3v) is 4.88. The molecular formula is C17H20N2O3. The molecule has 2 aliphatic rings. The summed E-state index contributed by atoms with van der Waals surface area (Å²) in [4.78, 5) is 16.0. The second-order valence-corrected chi connectivity index (χ2v) is 6.78. The molecule has 0 radical (unpaired) electrons. The molecule has 0 amide bonds. The van der Waals surface area contributed by atoms with Crippen LogP contribution in [0.1, 0.15) is 32.8 Å². The zero-order valence-corrected chi connectivity index (χ0v) is 13.1. The Morgan fingerprint density at radius 2 is 2.14 bits per heavy atom. The molecule has 0 bridgehead atoms. The lowest BCUT2D eigenvalue weighted by atomic mass is 10.00. The molecule has 1 fully saturated rings. The highest BCUT2D eigenvalue weighted by Crippen LogP contribution is 2.63. The zero-order valence-electron chi connectivity index (χ0n) is 13.1. The highest BCUT2D eigenvalue weighted by molar-refractivity contribution is 6.01. The molecular weight excluding hydrogens is 280 g/mol. The monoisotopic (exact) mass is 300 g/mol. The minimum absolute atomic E-state index is 0.0719. The summed E-state index contributed by atoms with van der Waals surface area (Å²) in [6, 6.07) is 6.60. The molecule has 0 heterocycles. The van der Waals surface area contributed by atoms with Gasteiger partial charge < -0.3 is 4.84 Å². The van der Waals surface area contributed by atoms with Gasteiger partial charge in [-0.05, 0) is 36.8 Å². The van der Waals surface area contributed by atoms with Crippen LogP contribution in [-0.4, -0.2) is 10.6 Å². The van der Waals surface area contributed by atoms with Crippen LogP contribution in [0.5, 0.6) is 0 Å². The second kappa shape index (κ2) is 5.23. The van der Waals surface area contributed by atoms with Crippen LogP contribution >= 0.6 is 0 Å². The Labute approximate surface area is 129 Å². The summed E-state index contributed by atoms with van der Waals surface area (Å²) in [5, 5.41) is 15.2. The first-order valence-electron chi connectivity index (χ1n) is 7.50. The van der Waals surface area contributed by atoms with Gasteiger partial charge in [0.05, 0.1) is 16.2 Å². The molecule has 5 heteroatoms. The third kappa shape index (κ3) is 2.51. The lowest BCUT2D eigenvalue weighted by Gasteiger charge is -2.09. The van der Waals surface area contributed by atoms with Crippen molar-refractivity contribution in [1.29, 1.82) is 0 Å². The predicted molar refractivity (Wildman–Crippen MR) is 84.5 cm³/mol. The van der Waals surface area contributed by atoms with E-state index in [0.29, 0.717) is 17.4 Å². The molecule has 0 spiro atoms. The highest BCUT2D eigenvalue weighted by Gasteiger charge is 2.60. The van der Waals surface area contributed by atoms with E-state index in [1.54, 1.807) is 18.2 Å². The zero-order chi connectivity index (χ0) is 15.9. The predicted octanol–water partition coefficient (Wildman–Crippen LogP) is 4.09. The summed E-state index contributed by atoms with van der Waals surface area (Å²) < 4.78 is 0. The first kappa shape index (κ1) is 14.8. The van der Waals surface area contributed by atoms with Gasteiger partial charge in [0.25, 0.3) is 5.69 Å². The molecule has 1 aromatic carbocycles. The van der Waals surface area contributed by atoms with E-state index in [4.69, 9.17) is 4.84 Å². The van der Waals surface area contributed by atoms with Gasteiger partial charge in [-0.25, -0.2) is 0 Å². The van der Waals surface area contributed by atoms with Crippen molar-refractivity contribution in [3.8, 4) is 0 Å². The van der Waals surface area contributed by atoms with Gasteiger partial charge in [0, 0.05) is 12.0 Å². The quantitative estimate of drug-likeness (QED) is 0.621. The fourth-order valence-electron chi connectivity index (χ4n) is 3.53. The topological polar surface area (TPSA) is 64.7 Å². The van der Waals surface area contributed by atoms with Gasteiger partial charge in [0.2, 0.25) is 0 Å². The van der Waals surface area contributed by atoms with Crippen LogP contribution in [0.4, 0.5) is 5.69 Å². The molecule has 22 heavy (non-hydrogen) atoms. The largest absolute Gasteiger partial charge is 0.390 e. The van der Waals surface area contributed by atoms with Crippen molar-refractivity contribution in [3.05, 3.63) is 51.6 Å². The molecule has 2 aliphatic carbocycles. The van der Waals surface area contributed by atoms with Crippen LogP contribution in [0.3, 0.4) is 0 Å². The van der Waals surface area contributed by atoms with Crippen molar-refractivity contribution >= 4 is 11.4 Å². The SMILES string of the molecule is CC1=C/C(=N/OCc2ccccc2[N+](=O)[O-])C2C(C1)C2(C)C. The highest BCUT2D eigenvalue weighted by atomic mass is 16.6. The maximum atomic E-state index is 11.0. The van der Waals surface area contributed by atoms with Gasteiger partial charge in [-0.3, -0.25) is 10.1 Å². The number of rotatable bonds is 4. The molecule has 0 aliphatic heterocycles. The Kier molecular flexibility index (Phi) is 3.51. The lowest BCUT2D eigenvalue weighted by Crippen LogP contribution is -2.08. The molecule has 0 aromatic heterocycles. The van der Waals surface area contributed by atoms with Crippen molar-refractivity contribution in [2.24, 2.45) is 22.4 Å². The summed E-state index contributed by atoms with van der Waals surface area (Å²) in [5.74, 6) is 1.09. The van der Waals surface area contributed by atoms with Crippen LogP contribution in [0.2, 0.25) is 0 Å². The van der Waals surface area contributed by atoms with Gasteiger partial charge in [-0.2, -0.15) is 0 Å². The van der Waals surface area contributed by atoms with Crippen molar-refractivity contribution in [2.45, 2.75) is 33.8 Å². The fraction of sp³-hybridized carbons (Fsp3) is 0.471. The molecule has 1 saturated carbocycles. The Morgan fingerprint density at radius 3 is 2.86 bits per heavy atom. The molecule has 0 saturated heterocycles. The number of benzene rings is 1. The van der Waals surface area contributed by atoms with Gasteiger partial charge in [-0.15, -0.1) is 0 Å². The number of hydrogen-bond donors (Lipinski definition) is 0. The summed E-state index contributed by atoms with van der Waals surface area (Å²) in [6.45, 7) is 6.74. The van der Waals surface area contributed by atoms with E-state index >= 15 is 0 Å². The van der Waals surface area contributed by atoms with Crippen LogP contribution in [0, 0.1) is 27.4 Å². The number of nitrogens with zero attached hydrogens (tertiary/aromatic N) is 2. The second-order valence-electron chi connectivity index (χ2n) is 6.78. The van der Waals surface area contributed by atoms with Gasteiger partial charge in [0.1, 0.15) is 6.61 Å². The van der Waals surface area contributed by atoms with Crippen LogP contribution < -0.4 is 0 Å². The molecule has 5 nitrogen and oxygen atoms in total. The molecule has 3 rings (SSSR count). The first-order valence-corrected chi connectivity index (χ1v) is 7.50. The van der Waals surface area contributed by atoms with E-state index in [9.17, 15) is 10.1 Å². The standard InChI is InChI=1S/C17H20N2O3/c1-11-8-13-16(17(13,2)3)14(9-11)18-22-10-12-6-4-5-7-15(12)19(20)21/h4-7,9,13,16H,8,10H2,1-3H3/b18-14-. The first-order chi connectivity index (χ1) is 10.4. The smallest absolute Gasteiger partial charge is 0.276 e. The summed E-state index contributed by atoms with van der Waals surface area (Å²) >= 11 is 0. The fourth-order valence-corrected chi connectivity index (χ4v) is 3.53. The Morgan fingerprint density at radius 1 is 1.41 bits per heavy atom. The molecule has 0 N–H and O–H groups in total. The molecule has 1 aromatic rings. The van der Waals surface area contributed by atoms with Crippen molar-refractivity contribution < 1.29 is 9.76 Å². The number of nitro groups is 1. The van der Waals surface area contributed by atoms with Gasteiger partial charge in [-0.1, -0.05) is 36.7 Å². The van der Waals surface area contributed by atoms with E-state index in [2.05, 4.69) is 32.0 Å². The molecule has 2 unspecified atom stereocenters. The van der Waals surface area contributed by atoms with E-state index in [-0.39, 0.29) is 17.7 Å². The summed E-state index contributed by atoms with van der Waals surface area (Å²) in [6.07, 6.45) is 3.22. The van der Waals surface area contributed by atoms with Crippen molar-refractivity contribution in [2.75, 3.05) is 0 Å². The number of hydrogen-bond acceptors (Lipinski definition) is 4. The minimum atomic E-state index is -0.392. The average Bonchev–Trinajstić information content (AvgIpc) is 3.00.